The molecule has 2 saturated carbocycles. The first-order valence-corrected chi connectivity index (χ1v) is 12.8. The van der Waals surface area contributed by atoms with Gasteiger partial charge in [0.1, 0.15) is 11.3 Å². The highest BCUT2D eigenvalue weighted by molar-refractivity contribution is 5.73. The number of nitrogens with zero attached hydrogens (tertiary/aromatic N) is 6. The summed E-state index contributed by atoms with van der Waals surface area (Å²) in [4.78, 5) is 19.8. The molecule has 180 valence electrons. The lowest BCUT2D eigenvalue weighted by atomic mass is 9.80. The van der Waals surface area contributed by atoms with Crippen molar-refractivity contribution in [2.45, 2.75) is 89.2 Å². The summed E-state index contributed by atoms with van der Waals surface area (Å²) in [6.45, 7) is 4.43. The van der Waals surface area contributed by atoms with Crippen LogP contribution in [0.15, 0.2) is 12.4 Å². The van der Waals surface area contributed by atoms with E-state index in [2.05, 4.69) is 16.0 Å². The number of alkyl halides is 1. The fraction of sp³-hybridized carbons (Fsp3) is 0.654. The smallest absolute Gasteiger partial charge is 0.182 e. The van der Waals surface area contributed by atoms with Gasteiger partial charge >= 0.3 is 0 Å². The molecule has 0 bridgehead atoms. The van der Waals surface area contributed by atoms with E-state index >= 15 is 0 Å². The molecular weight excluding hydrogens is 431 g/mol. The summed E-state index contributed by atoms with van der Waals surface area (Å²) in [7, 11) is 0. The summed E-state index contributed by atoms with van der Waals surface area (Å²) < 4.78 is 21.5. The first-order valence-electron chi connectivity index (χ1n) is 12.8. The molecule has 3 fully saturated rings. The third-order valence-corrected chi connectivity index (χ3v) is 8.00. The number of hydrogen-bond acceptors (Lipinski definition) is 6. The van der Waals surface area contributed by atoms with Crippen LogP contribution < -0.4 is 0 Å². The first-order chi connectivity index (χ1) is 16.6. The van der Waals surface area contributed by atoms with E-state index in [1.165, 1.54) is 12.8 Å². The standard InChI is InChI=1S/C26H33FN6O/c1-15-16(2)30-26-24(29-15)23(18-5-3-17(12-27)4-6-18)31-25(32-26)19-9-10-34-22(11-19)20-13-28-33(14-20)21-7-8-21/h13-14,17-19,21-22H,3-12H2,1-2H3/t17?,18?,19-,22-/m0/s1. The topological polar surface area (TPSA) is 78.6 Å². The Bertz CT molecular complexity index is 1180. The van der Waals surface area contributed by atoms with Crippen LogP contribution in [-0.2, 0) is 4.74 Å². The van der Waals surface area contributed by atoms with Crippen molar-refractivity contribution in [2.24, 2.45) is 5.92 Å². The molecule has 1 aliphatic heterocycles. The zero-order valence-corrected chi connectivity index (χ0v) is 20.1. The Hall–Kier alpha value is -2.48. The van der Waals surface area contributed by atoms with E-state index in [1.807, 2.05) is 20.0 Å². The molecule has 7 nitrogen and oxygen atoms in total. The van der Waals surface area contributed by atoms with Crippen LogP contribution in [0.2, 0.25) is 0 Å². The highest BCUT2D eigenvalue weighted by Gasteiger charge is 2.32. The SMILES string of the molecule is Cc1nc2nc([C@H]3CCO[C@H](c4cnn(C5CC5)c4)C3)nc(C3CCC(CF)CC3)c2nc1C. The Morgan fingerprint density at radius 2 is 1.74 bits per heavy atom. The van der Waals surface area contributed by atoms with Gasteiger partial charge in [0.25, 0.3) is 0 Å². The molecule has 3 aliphatic rings. The third-order valence-electron chi connectivity index (χ3n) is 8.00. The van der Waals surface area contributed by atoms with Crippen molar-refractivity contribution in [3.8, 4) is 0 Å². The molecule has 34 heavy (non-hydrogen) atoms. The minimum Gasteiger partial charge on any atom is -0.373 e. The maximum atomic E-state index is 13.2. The van der Waals surface area contributed by atoms with Crippen LogP contribution in [0.25, 0.3) is 11.2 Å². The Morgan fingerprint density at radius 3 is 2.50 bits per heavy atom. The Balaban J connectivity index is 1.32. The van der Waals surface area contributed by atoms with E-state index in [9.17, 15) is 4.39 Å². The molecule has 0 spiro atoms. The summed E-state index contributed by atoms with van der Waals surface area (Å²) in [5.74, 6) is 1.54. The minimum atomic E-state index is -0.221. The van der Waals surface area contributed by atoms with Crippen LogP contribution in [0, 0.1) is 19.8 Å². The second-order valence-corrected chi connectivity index (χ2v) is 10.5. The van der Waals surface area contributed by atoms with Crippen molar-refractivity contribution in [1.29, 1.82) is 0 Å². The maximum Gasteiger partial charge on any atom is 0.182 e. The van der Waals surface area contributed by atoms with Gasteiger partial charge in [-0.15, -0.1) is 0 Å². The van der Waals surface area contributed by atoms with Crippen LogP contribution in [0.4, 0.5) is 4.39 Å². The lowest BCUT2D eigenvalue weighted by Crippen LogP contribution is -2.22. The monoisotopic (exact) mass is 464 g/mol. The van der Waals surface area contributed by atoms with Gasteiger partial charge in [0.15, 0.2) is 5.65 Å². The summed E-state index contributed by atoms with van der Waals surface area (Å²) in [5, 5.41) is 4.56. The zero-order valence-electron chi connectivity index (χ0n) is 20.1. The van der Waals surface area contributed by atoms with Crippen molar-refractivity contribution in [1.82, 2.24) is 29.7 Å². The van der Waals surface area contributed by atoms with Crippen molar-refractivity contribution >= 4 is 11.2 Å². The molecule has 0 unspecified atom stereocenters. The van der Waals surface area contributed by atoms with Crippen molar-refractivity contribution in [3.63, 3.8) is 0 Å². The van der Waals surface area contributed by atoms with Crippen molar-refractivity contribution in [2.75, 3.05) is 13.3 Å². The quantitative estimate of drug-likeness (QED) is 0.500. The molecule has 6 rings (SSSR count). The number of fused-ring (bicyclic) bond motifs is 1. The molecule has 8 heteroatoms. The van der Waals surface area contributed by atoms with Crippen LogP contribution >= 0.6 is 0 Å². The molecule has 4 heterocycles. The minimum absolute atomic E-state index is 0.0137. The zero-order chi connectivity index (χ0) is 23.2. The summed E-state index contributed by atoms with van der Waals surface area (Å²) >= 11 is 0. The molecule has 2 aliphatic carbocycles. The van der Waals surface area contributed by atoms with Gasteiger partial charge in [-0.1, -0.05) is 0 Å². The van der Waals surface area contributed by atoms with E-state index in [1.54, 1.807) is 0 Å². The first kappa shape index (κ1) is 22.0. The van der Waals surface area contributed by atoms with Crippen LogP contribution in [0.3, 0.4) is 0 Å². The molecule has 0 radical (unpaired) electrons. The lowest BCUT2D eigenvalue weighted by Gasteiger charge is -2.30. The highest BCUT2D eigenvalue weighted by Crippen LogP contribution is 2.41. The van der Waals surface area contributed by atoms with Gasteiger partial charge in [0.2, 0.25) is 0 Å². The molecule has 2 atom stereocenters. The average Bonchev–Trinajstić information content (AvgIpc) is 3.60. The van der Waals surface area contributed by atoms with E-state index < -0.39 is 0 Å². The van der Waals surface area contributed by atoms with E-state index in [-0.39, 0.29) is 30.5 Å². The third kappa shape index (κ3) is 4.21. The molecule has 3 aromatic heterocycles. The van der Waals surface area contributed by atoms with E-state index in [0.29, 0.717) is 18.3 Å². The van der Waals surface area contributed by atoms with Crippen LogP contribution in [0.5, 0.6) is 0 Å². The Labute approximate surface area is 199 Å². The fourth-order valence-corrected chi connectivity index (χ4v) is 5.53. The van der Waals surface area contributed by atoms with E-state index in [0.717, 1.165) is 72.5 Å². The second kappa shape index (κ2) is 8.95. The predicted molar refractivity (Wildman–Crippen MR) is 126 cm³/mol. The fourth-order valence-electron chi connectivity index (χ4n) is 5.53. The number of aromatic nitrogens is 6. The van der Waals surface area contributed by atoms with Gasteiger partial charge in [-0.2, -0.15) is 5.10 Å². The largest absolute Gasteiger partial charge is 0.373 e. The van der Waals surface area contributed by atoms with Gasteiger partial charge in [-0.05, 0) is 71.1 Å². The molecule has 0 N–H and O–H groups in total. The number of hydrogen-bond donors (Lipinski definition) is 0. The molecule has 3 aromatic rings. The second-order valence-electron chi connectivity index (χ2n) is 10.5. The molecular formula is C26H33FN6O. The number of aryl methyl sites for hydroxylation is 2. The Morgan fingerprint density at radius 1 is 0.941 bits per heavy atom. The lowest BCUT2D eigenvalue weighted by molar-refractivity contribution is 0.00390. The summed E-state index contributed by atoms with van der Waals surface area (Å²) in [6, 6.07) is 0.567. The van der Waals surface area contributed by atoms with Gasteiger partial charge in [-0.3, -0.25) is 9.07 Å². The summed E-state index contributed by atoms with van der Waals surface area (Å²) in [5.41, 5.74) is 5.50. The molecule has 0 aromatic carbocycles. The number of halogens is 1. The summed E-state index contributed by atoms with van der Waals surface area (Å²) in [6.07, 6.45) is 12.0. The van der Waals surface area contributed by atoms with Gasteiger partial charge in [0.05, 0.1) is 42.1 Å². The van der Waals surface area contributed by atoms with Crippen molar-refractivity contribution < 1.29 is 9.13 Å². The average molecular weight is 465 g/mol. The highest BCUT2D eigenvalue weighted by atomic mass is 19.1. The number of rotatable bonds is 5. The maximum absolute atomic E-state index is 13.2. The van der Waals surface area contributed by atoms with Gasteiger partial charge in [0, 0.05) is 30.2 Å². The van der Waals surface area contributed by atoms with Crippen LogP contribution in [0.1, 0.15) is 104 Å². The number of ether oxygens (including phenoxy) is 1. The molecule has 1 saturated heterocycles. The predicted octanol–water partition coefficient (Wildman–Crippen LogP) is 5.45. The molecule has 0 amide bonds. The Kier molecular flexibility index (Phi) is 5.79. The van der Waals surface area contributed by atoms with Gasteiger partial charge in [-0.25, -0.2) is 19.9 Å². The van der Waals surface area contributed by atoms with Gasteiger partial charge < -0.3 is 4.74 Å². The van der Waals surface area contributed by atoms with Crippen LogP contribution in [-0.4, -0.2) is 43.0 Å². The van der Waals surface area contributed by atoms with E-state index in [4.69, 9.17) is 24.7 Å². The normalized spacial score (nSPS) is 27.9. The van der Waals surface area contributed by atoms with Crippen molar-refractivity contribution in [3.05, 3.63) is 40.9 Å².